The van der Waals surface area contributed by atoms with Crippen molar-refractivity contribution in [3.63, 3.8) is 0 Å². The fraction of sp³-hybridized carbons (Fsp3) is 0.368. The van der Waals surface area contributed by atoms with Gasteiger partial charge in [-0.2, -0.15) is 0 Å². The molecule has 0 aliphatic carbocycles. The van der Waals surface area contributed by atoms with Gasteiger partial charge in [-0.05, 0) is 40.5 Å². The Morgan fingerprint density at radius 1 is 1.11 bits per heavy atom. The minimum atomic E-state index is 0.326. The monoisotopic (exact) mass is 252 g/mol. The van der Waals surface area contributed by atoms with Crippen LogP contribution in [0.3, 0.4) is 0 Å². The molecular formula is C19H24. The van der Waals surface area contributed by atoms with E-state index in [1.54, 1.807) is 0 Å². The third-order valence-electron chi connectivity index (χ3n) is 3.90. The van der Waals surface area contributed by atoms with E-state index in [4.69, 9.17) is 0 Å². The summed E-state index contributed by atoms with van der Waals surface area (Å²) in [7, 11) is 0. The highest BCUT2D eigenvalue weighted by atomic mass is 14.3. The molecule has 0 heterocycles. The molecule has 0 nitrogen and oxygen atoms in total. The maximum atomic E-state index is 3.87. The van der Waals surface area contributed by atoms with Gasteiger partial charge in [0.15, 0.2) is 0 Å². The van der Waals surface area contributed by atoms with Crippen molar-refractivity contribution >= 4 is 10.8 Å². The van der Waals surface area contributed by atoms with Crippen molar-refractivity contribution in [3.05, 3.63) is 60.7 Å². The molecule has 2 aromatic carbocycles. The fourth-order valence-electron chi connectivity index (χ4n) is 2.94. The summed E-state index contributed by atoms with van der Waals surface area (Å²) in [6.07, 6.45) is 4.30. The van der Waals surface area contributed by atoms with Crippen molar-refractivity contribution in [3.8, 4) is 0 Å². The number of allylic oxidation sites excluding steroid dienone is 1. The number of hydrogen-bond donors (Lipinski definition) is 0. The van der Waals surface area contributed by atoms with E-state index < -0.39 is 0 Å². The van der Waals surface area contributed by atoms with E-state index in [0.717, 1.165) is 6.42 Å². The lowest BCUT2D eigenvalue weighted by molar-refractivity contribution is 0.315. The topological polar surface area (TPSA) is 0 Å². The maximum Gasteiger partial charge on any atom is -0.0181 e. The minimum absolute atomic E-state index is 0.326. The van der Waals surface area contributed by atoms with E-state index in [1.807, 2.05) is 6.08 Å². The highest BCUT2D eigenvalue weighted by Crippen LogP contribution is 2.35. The summed E-state index contributed by atoms with van der Waals surface area (Å²) in [6, 6.07) is 15.4. The van der Waals surface area contributed by atoms with Crippen LogP contribution in [0.25, 0.3) is 10.8 Å². The van der Waals surface area contributed by atoms with Crippen LogP contribution in [0.5, 0.6) is 0 Å². The molecule has 0 fully saturated rings. The lowest BCUT2D eigenvalue weighted by Gasteiger charge is -2.27. The first kappa shape index (κ1) is 13.9. The summed E-state index contributed by atoms with van der Waals surface area (Å²) in [4.78, 5) is 0. The first-order chi connectivity index (χ1) is 9.02. The Bertz CT molecular complexity index is 563. The Hall–Kier alpha value is -1.56. The van der Waals surface area contributed by atoms with E-state index in [9.17, 15) is 0 Å². The van der Waals surface area contributed by atoms with Crippen molar-refractivity contribution in [1.29, 1.82) is 0 Å². The SMILES string of the molecule is C=CCC(C)(C)CC(C)c1ccc2ccccc2c1. The second-order valence-corrected chi connectivity index (χ2v) is 6.37. The fourth-order valence-corrected chi connectivity index (χ4v) is 2.94. The zero-order valence-electron chi connectivity index (χ0n) is 12.3. The van der Waals surface area contributed by atoms with Gasteiger partial charge in [0.05, 0.1) is 0 Å². The van der Waals surface area contributed by atoms with Crippen molar-refractivity contribution < 1.29 is 0 Å². The van der Waals surface area contributed by atoms with Crippen LogP contribution in [0.2, 0.25) is 0 Å². The Labute approximate surface area is 117 Å². The van der Waals surface area contributed by atoms with Gasteiger partial charge in [-0.1, -0.05) is 69.3 Å². The van der Waals surface area contributed by atoms with E-state index in [-0.39, 0.29) is 0 Å². The third-order valence-corrected chi connectivity index (χ3v) is 3.90. The van der Waals surface area contributed by atoms with Crippen LogP contribution in [0.1, 0.15) is 45.1 Å². The van der Waals surface area contributed by atoms with Gasteiger partial charge in [0.25, 0.3) is 0 Å². The van der Waals surface area contributed by atoms with Gasteiger partial charge in [0.2, 0.25) is 0 Å². The van der Waals surface area contributed by atoms with Crippen LogP contribution in [-0.4, -0.2) is 0 Å². The normalized spacial score (nSPS) is 13.4. The zero-order chi connectivity index (χ0) is 13.9. The van der Waals surface area contributed by atoms with E-state index in [1.165, 1.54) is 22.8 Å². The molecule has 0 saturated carbocycles. The molecule has 0 bridgehead atoms. The molecule has 2 aromatic rings. The molecular weight excluding hydrogens is 228 g/mol. The number of hydrogen-bond acceptors (Lipinski definition) is 0. The summed E-state index contributed by atoms with van der Waals surface area (Å²) in [5.41, 5.74) is 1.77. The van der Waals surface area contributed by atoms with Gasteiger partial charge in [-0.25, -0.2) is 0 Å². The second kappa shape index (κ2) is 5.61. The predicted octanol–water partition coefficient (Wildman–Crippen LogP) is 5.94. The summed E-state index contributed by atoms with van der Waals surface area (Å²) < 4.78 is 0. The van der Waals surface area contributed by atoms with Crippen molar-refractivity contribution in [2.24, 2.45) is 5.41 Å². The maximum absolute atomic E-state index is 3.87. The summed E-state index contributed by atoms with van der Waals surface area (Å²) in [5.74, 6) is 0.583. The Kier molecular flexibility index (Phi) is 4.09. The molecule has 2 rings (SSSR count). The Morgan fingerprint density at radius 2 is 1.79 bits per heavy atom. The molecule has 0 heteroatoms. The van der Waals surface area contributed by atoms with Crippen molar-refractivity contribution in [1.82, 2.24) is 0 Å². The van der Waals surface area contributed by atoms with Crippen molar-refractivity contribution in [2.75, 3.05) is 0 Å². The first-order valence-corrected chi connectivity index (χ1v) is 7.11. The summed E-state index contributed by atoms with van der Waals surface area (Å²) in [5, 5.41) is 2.66. The average Bonchev–Trinajstić information content (AvgIpc) is 2.37. The molecule has 100 valence electrons. The van der Waals surface area contributed by atoms with Gasteiger partial charge >= 0.3 is 0 Å². The van der Waals surface area contributed by atoms with Crippen LogP contribution in [0.15, 0.2) is 55.1 Å². The summed E-state index contributed by atoms with van der Waals surface area (Å²) >= 11 is 0. The zero-order valence-corrected chi connectivity index (χ0v) is 12.3. The van der Waals surface area contributed by atoms with Gasteiger partial charge in [0, 0.05) is 0 Å². The van der Waals surface area contributed by atoms with Gasteiger partial charge < -0.3 is 0 Å². The van der Waals surface area contributed by atoms with E-state index in [0.29, 0.717) is 11.3 Å². The molecule has 1 unspecified atom stereocenters. The molecule has 0 spiro atoms. The standard InChI is InChI=1S/C19H24/c1-5-12-19(3,4)14-15(2)17-11-10-16-8-6-7-9-18(16)13-17/h5-11,13,15H,1,12,14H2,2-4H3. The van der Waals surface area contributed by atoms with Crippen LogP contribution in [-0.2, 0) is 0 Å². The highest BCUT2D eigenvalue weighted by molar-refractivity contribution is 5.83. The van der Waals surface area contributed by atoms with E-state index in [2.05, 4.69) is 69.8 Å². The highest BCUT2D eigenvalue weighted by Gasteiger charge is 2.20. The van der Waals surface area contributed by atoms with Crippen LogP contribution in [0, 0.1) is 5.41 Å². The lowest BCUT2D eigenvalue weighted by atomic mass is 9.78. The molecule has 0 aliphatic rings. The third kappa shape index (κ3) is 3.47. The minimum Gasteiger partial charge on any atom is -0.103 e. The molecule has 0 aliphatic heterocycles. The molecule has 0 radical (unpaired) electrons. The first-order valence-electron chi connectivity index (χ1n) is 7.11. The number of benzene rings is 2. The average molecular weight is 252 g/mol. The Morgan fingerprint density at radius 3 is 2.47 bits per heavy atom. The van der Waals surface area contributed by atoms with Crippen molar-refractivity contribution in [2.45, 2.75) is 39.5 Å². The molecule has 19 heavy (non-hydrogen) atoms. The lowest BCUT2D eigenvalue weighted by Crippen LogP contribution is -2.13. The van der Waals surface area contributed by atoms with Crippen LogP contribution < -0.4 is 0 Å². The molecule has 1 atom stereocenters. The van der Waals surface area contributed by atoms with Crippen LogP contribution >= 0.6 is 0 Å². The molecule has 0 aromatic heterocycles. The van der Waals surface area contributed by atoms with Gasteiger partial charge in [-0.15, -0.1) is 6.58 Å². The number of fused-ring (bicyclic) bond motifs is 1. The quantitative estimate of drug-likeness (QED) is 0.578. The van der Waals surface area contributed by atoms with E-state index >= 15 is 0 Å². The van der Waals surface area contributed by atoms with Gasteiger partial charge in [0.1, 0.15) is 0 Å². The molecule has 0 amide bonds. The smallest absolute Gasteiger partial charge is 0.0181 e. The van der Waals surface area contributed by atoms with Crippen LogP contribution in [0.4, 0.5) is 0 Å². The molecule has 0 saturated heterocycles. The largest absolute Gasteiger partial charge is 0.103 e. The Balaban J connectivity index is 2.21. The predicted molar refractivity (Wildman–Crippen MR) is 85.6 cm³/mol. The second-order valence-electron chi connectivity index (χ2n) is 6.37. The van der Waals surface area contributed by atoms with Gasteiger partial charge in [-0.3, -0.25) is 0 Å². The molecule has 0 N–H and O–H groups in total. The number of rotatable bonds is 5. The summed E-state index contributed by atoms with van der Waals surface area (Å²) in [6.45, 7) is 10.8.